The van der Waals surface area contributed by atoms with E-state index in [1.807, 2.05) is 13.0 Å². The van der Waals surface area contributed by atoms with Crippen molar-refractivity contribution in [2.45, 2.75) is 78.4 Å². The third-order valence-electron chi connectivity index (χ3n) is 4.96. The van der Waals surface area contributed by atoms with Gasteiger partial charge >= 0.3 is 11.9 Å². The first-order chi connectivity index (χ1) is 11.7. The fourth-order valence-corrected chi connectivity index (χ4v) is 3.72. The second-order valence-electron chi connectivity index (χ2n) is 7.47. The lowest BCUT2D eigenvalue weighted by atomic mass is 9.67. The van der Waals surface area contributed by atoms with Gasteiger partial charge in [0.1, 0.15) is 18.0 Å². The normalized spacial score (nSPS) is 29.5. The minimum absolute atomic E-state index is 0.0418. The second kappa shape index (κ2) is 7.98. The van der Waals surface area contributed by atoms with Gasteiger partial charge in [0, 0.05) is 19.8 Å². The van der Waals surface area contributed by atoms with E-state index in [1.54, 1.807) is 0 Å². The number of hydrogen-bond acceptors (Lipinski definition) is 5. The number of cyclic esters (lactones) is 1. The quantitative estimate of drug-likeness (QED) is 0.560. The first kappa shape index (κ1) is 19.4. The van der Waals surface area contributed by atoms with Gasteiger partial charge in [-0.3, -0.25) is 14.4 Å². The minimum Gasteiger partial charge on any atom is -0.463 e. The molecule has 1 saturated heterocycles. The van der Waals surface area contributed by atoms with Gasteiger partial charge in [-0.05, 0) is 46.1 Å². The molecule has 0 N–H and O–H groups in total. The maximum absolute atomic E-state index is 12.7. The van der Waals surface area contributed by atoms with Crippen LogP contribution in [0, 0.1) is 5.41 Å². The zero-order chi connectivity index (χ0) is 18.6. The molecule has 25 heavy (non-hydrogen) atoms. The topological polar surface area (TPSA) is 69.7 Å². The number of ketones is 1. The fraction of sp³-hybridized carbons (Fsp3) is 0.650. The van der Waals surface area contributed by atoms with Crippen molar-refractivity contribution in [2.75, 3.05) is 0 Å². The summed E-state index contributed by atoms with van der Waals surface area (Å²) in [7, 11) is 0. The van der Waals surface area contributed by atoms with Gasteiger partial charge in [-0.2, -0.15) is 0 Å². The standard InChI is InChI=1S/C20H28O5/c1-13(2)6-5-7-14(3)10-18-20(12-19(23)25-18)11-16(24-15(4)21)8-9-17(20)22/h6,10,16,18H,5,7-9,11-12H2,1-4H3/b14-10+/t16-,18-,20+/m1/s1. The molecular formula is C20H28O5. The van der Waals surface area contributed by atoms with Gasteiger partial charge in [0.25, 0.3) is 0 Å². The predicted molar refractivity (Wildman–Crippen MR) is 93.8 cm³/mol. The van der Waals surface area contributed by atoms with Crippen LogP contribution in [0.3, 0.4) is 0 Å². The Bertz CT molecular complexity index is 612. The van der Waals surface area contributed by atoms with Crippen LogP contribution in [-0.4, -0.2) is 29.9 Å². The number of esters is 2. The van der Waals surface area contributed by atoms with Crippen LogP contribution in [0.1, 0.15) is 66.2 Å². The average molecular weight is 348 g/mol. The molecule has 1 aliphatic heterocycles. The SMILES string of the molecule is CC(=O)O[C@@H]1CCC(=O)[C@@]2(CC(=O)O[C@@H]2/C=C(\C)CCC=C(C)C)C1. The summed E-state index contributed by atoms with van der Waals surface area (Å²) in [6.45, 7) is 7.48. The number of carbonyl (C=O) groups excluding carboxylic acids is 3. The molecule has 0 bridgehead atoms. The monoisotopic (exact) mass is 348 g/mol. The van der Waals surface area contributed by atoms with E-state index in [2.05, 4.69) is 19.9 Å². The largest absolute Gasteiger partial charge is 0.463 e. The predicted octanol–water partition coefficient (Wildman–Crippen LogP) is 3.67. The Hall–Kier alpha value is -1.91. The summed E-state index contributed by atoms with van der Waals surface area (Å²) < 4.78 is 10.8. The first-order valence-corrected chi connectivity index (χ1v) is 8.93. The Morgan fingerprint density at radius 1 is 1.28 bits per heavy atom. The summed E-state index contributed by atoms with van der Waals surface area (Å²) >= 11 is 0. The first-order valence-electron chi connectivity index (χ1n) is 8.93. The van der Waals surface area contributed by atoms with E-state index in [4.69, 9.17) is 9.47 Å². The van der Waals surface area contributed by atoms with Crippen LogP contribution in [0.4, 0.5) is 0 Å². The molecule has 2 fully saturated rings. The Morgan fingerprint density at radius 3 is 2.64 bits per heavy atom. The summed E-state index contributed by atoms with van der Waals surface area (Å²) in [6, 6.07) is 0. The zero-order valence-corrected chi connectivity index (χ0v) is 15.6. The third kappa shape index (κ3) is 4.80. The molecule has 1 aliphatic carbocycles. The molecular weight excluding hydrogens is 320 g/mol. The summed E-state index contributed by atoms with van der Waals surface area (Å²) in [5, 5.41) is 0. The number of rotatable bonds is 5. The van der Waals surface area contributed by atoms with Crippen LogP contribution in [0.25, 0.3) is 0 Å². The molecule has 0 amide bonds. The van der Waals surface area contributed by atoms with Gasteiger partial charge in [-0.1, -0.05) is 17.2 Å². The highest BCUT2D eigenvalue weighted by atomic mass is 16.6. The summed E-state index contributed by atoms with van der Waals surface area (Å²) in [5.74, 6) is -0.667. The van der Waals surface area contributed by atoms with Crippen molar-refractivity contribution < 1.29 is 23.9 Å². The Kier molecular flexibility index (Phi) is 6.20. The Labute approximate surface area is 149 Å². The van der Waals surface area contributed by atoms with E-state index in [9.17, 15) is 14.4 Å². The highest BCUT2D eigenvalue weighted by molar-refractivity contribution is 5.93. The van der Waals surface area contributed by atoms with Crippen LogP contribution in [0.2, 0.25) is 0 Å². The van der Waals surface area contributed by atoms with Gasteiger partial charge in [-0.25, -0.2) is 0 Å². The van der Waals surface area contributed by atoms with Crippen molar-refractivity contribution >= 4 is 17.7 Å². The van der Waals surface area contributed by atoms with Crippen LogP contribution in [0.15, 0.2) is 23.3 Å². The molecule has 0 aromatic carbocycles. The molecule has 2 aliphatic rings. The molecule has 0 aromatic rings. The van der Waals surface area contributed by atoms with Crippen LogP contribution in [0.5, 0.6) is 0 Å². The van der Waals surface area contributed by atoms with Gasteiger partial charge < -0.3 is 9.47 Å². The molecule has 1 spiro atoms. The lowest BCUT2D eigenvalue weighted by molar-refractivity contribution is -0.155. The Balaban J connectivity index is 2.18. The molecule has 0 aromatic heterocycles. The lowest BCUT2D eigenvalue weighted by Gasteiger charge is -2.37. The van der Waals surface area contributed by atoms with Gasteiger partial charge in [0.05, 0.1) is 11.8 Å². The van der Waals surface area contributed by atoms with E-state index in [-0.39, 0.29) is 30.2 Å². The number of Topliss-reactive ketones (excluding diaryl/α,β-unsaturated/α-hetero) is 1. The van der Waals surface area contributed by atoms with E-state index in [1.165, 1.54) is 12.5 Å². The summed E-state index contributed by atoms with van der Waals surface area (Å²) in [4.78, 5) is 35.9. The highest BCUT2D eigenvalue weighted by Crippen LogP contribution is 2.47. The minimum atomic E-state index is -0.882. The van der Waals surface area contributed by atoms with Crippen molar-refractivity contribution in [1.82, 2.24) is 0 Å². The third-order valence-corrected chi connectivity index (χ3v) is 4.96. The van der Waals surface area contributed by atoms with E-state index < -0.39 is 11.5 Å². The van der Waals surface area contributed by atoms with Gasteiger partial charge in [-0.15, -0.1) is 0 Å². The maximum atomic E-state index is 12.7. The van der Waals surface area contributed by atoms with Gasteiger partial charge in [0.2, 0.25) is 0 Å². The van der Waals surface area contributed by atoms with Crippen molar-refractivity contribution in [3.8, 4) is 0 Å². The summed E-state index contributed by atoms with van der Waals surface area (Å²) in [5.41, 5.74) is 1.48. The molecule has 1 heterocycles. The molecule has 2 rings (SSSR count). The zero-order valence-electron chi connectivity index (χ0n) is 15.6. The lowest BCUT2D eigenvalue weighted by Crippen LogP contribution is -2.45. The molecule has 0 radical (unpaired) electrons. The molecule has 1 saturated carbocycles. The molecule has 5 nitrogen and oxygen atoms in total. The number of hydrogen-bond donors (Lipinski definition) is 0. The smallest absolute Gasteiger partial charge is 0.307 e. The van der Waals surface area contributed by atoms with Crippen LogP contribution in [-0.2, 0) is 23.9 Å². The molecule has 3 atom stereocenters. The van der Waals surface area contributed by atoms with Crippen molar-refractivity contribution in [3.05, 3.63) is 23.3 Å². The number of ether oxygens (including phenoxy) is 2. The second-order valence-corrected chi connectivity index (χ2v) is 7.47. The Morgan fingerprint density at radius 2 is 2.00 bits per heavy atom. The van der Waals surface area contributed by atoms with E-state index >= 15 is 0 Å². The maximum Gasteiger partial charge on any atom is 0.307 e. The van der Waals surface area contributed by atoms with Crippen LogP contribution >= 0.6 is 0 Å². The highest BCUT2D eigenvalue weighted by Gasteiger charge is 2.56. The number of allylic oxidation sites excluding steroid dienone is 3. The van der Waals surface area contributed by atoms with E-state index in [0.29, 0.717) is 19.3 Å². The molecule has 138 valence electrons. The van der Waals surface area contributed by atoms with Gasteiger partial charge in [0.15, 0.2) is 0 Å². The fourth-order valence-electron chi connectivity index (χ4n) is 3.72. The average Bonchev–Trinajstić information content (AvgIpc) is 2.78. The molecule has 0 unspecified atom stereocenters. The summed E-state index contributed by atoms with van der Waals surface area (Å²) in [6.07, 6.45) is 6.24. The molecule has 5 heteroatoms. The van der Waals surface area contributed by atoms with Crippen molar-refractivity contribution in [1.29, 1.82) is 0 Å². The van der Waals surface area contributed by atoms with Crippen LogP contribution < -0.4 is 0 Å². The van der Waals surface area contributed by atoms with Crippen molar-refractivity contribution in [3.63, 3.8) is 0 Å². The number of carbonyl (C=O) groups is 3. The van der Waals surface area contributed by atoms with E-state index in [0.717, 1.165) is 18.4 Å². The van der Waals surface area contributed by atoms with Crippen molar-refractivity contribution in [2.24, 2.45) is 5.41 Å².